The summed E-state index contributed by atoms with van der Waals surface area (Å²) in [6, 6.07) is 0. The topological polar surface area (TPSA) is 50.4 Å². The van der Waals surface area contributed by atoms with E-state index in [2.05, 4.69) is 17.6 Å². The highest BCUT2D eigenvalue weighted by molar-refractivity contribution is 5.67. The Balaban J connectivity index is 2.02. The Labute approximate surface area is 79.0 Å². The first-order chi connectivity index (χ1) is 6.33. The van der Waals surface area contributed by atoms with Gasteiger partial charge in [0.05, 0.1) is 0 Å². The predicted octanol–water partition coefficient (Wildman–Crippen LogP) is 0.875. The Bertz CT molecular complexity index is 156. The maximum Gasteiger partial charge on any atom is 0.407 e. The second-order valence-corrected chi connectivity index (χ2v) is 3.30. The van der Waals surface area contributed by atoms with Crippen molar-refractivity contribution in [2.45, 2.75) is 32.3 Å². The van der Waals surface area contributed by atoms with Crippen molar-refractivity contribution in [1.82, 2.24) is 10.6 Å². The van der Waals surface area contributed by atoms with Gasteiger partial charge in [-0.05, 0) is 19.4 Å². The van der Waals surface area contributed by atoms with Gasteiger partial charge in [-0.25, -0.2) is 4.79 Å². The largest absolute Gasteiger partial charge is 0.445 e. The van der Waals surface area contributed by atoms with E-state index in [4.69, 9.17) is 4.74 Å². The van der Waals surface area contributed by atoms with Crippen LogP contribution in [0.5, 0.6) is 0 Å². The molecule has 4 nitrogen and oxygen atoms in total. The summed E-state index contributed by atoms with van der Waals surface area (Å²) < 4.78 is 5.15. The van der Waals surface area contributed by atoms with Gasteiger partial charge in [0.2, 0.25) is 0 Å². The van der Waals surface area contributed by atoms with Crippen molar-refractivity contribution < 1.29 is 9.53 Å². The summed E-state index contributed by atoms with van der Waals surface area (Å²) in [6.45, 7) is 4.55. The molecule has 1 unspecified atom stereocenters. The van der Waals surface area contributed by atoms with Crippen LogP contribution in [0.15, 0.2) is 0 Å². The molecular weight excluding hydrogens is 168 g/mol. The van der Waals surface area contributed by atoms with Crippen LogP contribution < -0.4 is 10.6 Å². The Morgan fingerprint density at radius 1 is 1.69 bits per heavy atom. The third-order valence-corrected chi connectivity index (χ3v) is 2.09. The zero-order chi connectivity index (χ0) is 9.52. The van der Waals surface area contributed by atoms with E-state index in [0.717, 1.165) is 38.9 Å². The van der Waals surface area contributed by atoms with Crippen molar-refractivity contribution in [3.63, 3.8) is 0 Å². The maximum atomic E-state index is 11.1. The fourth-order valence-corrected chi connectivity index (χ4v) is 1.29. The number of amides is 1. The quantitative estimate of drug-likeness (QED) is 0.641. The predicted molar refractivity (Wildman–Crippen MR) is 50.7 cm³/mol. The van der Waals surface area contributed by atoms with Gasteiger partial charge in [-0.15, -0.1) is 0 Å². The van der Waals surface area contributed by atoms with Crippen molar-refractivity contribution in [3.05, 3.63) is 0 Å². The Hall–Kier alpha value is -0.770. The number of carbonyl (C=O) groups excluding carboxylic acids is 1. The van der Waals surface area contributed by atoms with Crippen LogP contribution in [0.3, 0.4) is 0 Å². The molecule has 1 saturated heterocycles. The lowest BCUT2D eigenvalue weighted by Crippen LogP contribution is -2.30. The lowest BCUT2D eigenvalue weighted by atomic mass is 10.3. The zero-order valence-electron chi connectivity index (χ0n) is 8.14. The van der Waals surface area contributed by atoms with E-state index in [1.165, 1.54) is 0 Å². The average molecular weight is 186 g/mol. The SMILES string of the molecule is CCCCNC(=O)OC1CCNC1. The molecule has 1 atom stereocenters. The van der Waals surface area contributed by atoms with Crippen LogP contribution in [-0.2, 0) is 4.74 Å². The molecule has 0 aromatic carbocycles. The summed E-state index contributed by atoms with van der Waals surface area (Å²) in [6.07, 6.45) is 2.83. The number of unbranched alkanes of at least 4 members (excludes halogenated alkanes) is 1. The van der Waals surface area contributed by atoms with Crippen LogP contribution in [0.25, 0.3) is 0 Å². The molecule has 2 N–H and O–H groups in total. The molecule has 0 radical (unpaired) electrons. The van der Waals surface area contributed by atoms with Crippen LogP contribution in [0.1, 0.15) is 26.2 Å². The summed E-state index contributed by atoms with van der Waals surface area (Å²) >= 11 is 0. The third kappa shape index (κ3) is 4.12. The fourth-order valence-electron chi connectivity index (χ4n) is 1.29. The first kappa shape index (κ1) is 10.3. The van der Waals surface area contributed by atoms with Crippen molar-refractivity contribution in [1.29, 1.82) is 0 Å². The van der Waals surface area contributed by atoms with E-state index in [1.54, 1.807) is 0 Å². The van der Waals surface area contributed by atoms with E-state index in [-0.39, 0.29) is 12.2 Å². The van der Waals surface area contributed by atoms with E-state index in [9.17, 15) is 4.79 Å². The molecule has 13 heavy (non-hydrogen) atoms. The molecule has 1 aliphatic rings. The lowest BCUT2D eigenvalue weighted by molar-refractivity contribution is 0.107. The number of nitrogens with one attached hydrogen (secondary N) is 2. The summed E-state index contributed by atoms with van der Waals surface area (Å²) in [7, 11) is 0. The number of hydrogen-bond acceptors (Lipinski definition) is 3. The molecule has 1 aliphatic heterocycles. The minimum Gasteiger partial charge on any atom is -0.445 e. The summed E-state index contributed by atoms with van der Waals surface area (Å²) in [5.41, 5.74) is 0. The van der Waals surface area contributed by atoms with Crippen molar-refractivity contribution in [2.24, 2.45) is 0 Å². The van der Waals surface area contributed by atoms with E-state index in [1.807, 2.05) is 0 Å². The van der Waals surface area contributed by atoms with Gasteiger partial charge in [0.25, 0.3) is 0 Å². The maximum absolute atomic E-state index is 11.1. The Morgan fingerprint density at radius 3 is 3.15 bits per heavy atom. The molecule has 1 amide bonds. The van der Waals surface area contributed by atoms with Gasteiger partial charge >= 0.3 is 6.09 Å². The number of hydrogen-bond donors (Lipinski definition) is 2. The molecule has 1 rings (SSSR count). The minimum absolute atomic E-state index is 0.0710. The molecule has 1 heterocycles. The van der Waals surface area contributed by atoms with Gasteiger partial charge in [-0.2, -0.15) is 0 Å². The second-order valence-electron chi connectivity index (χ2n) is 3.30. The third-order valence-electron chi connectivity index (χ3n) is 2.09. The highest BCUT2D eigenvalue weighted by Crippen LogP contribution is 2.02. The first-order valence-electron chi connectivity index (χ1n) is 4.98. The van der Waals surface area contributed by atoms with Crippen LogP contribution >= 0.6 is 0 Å². The number of carbonyl (C=O) groups is 1. The fraction of sp³-hybridized carbons (Fsp3) is 0.889. The van der Waals surface area contributed by atoms with Gasteiger partial charge in [0, 0.05) is 13.1 Å². The average Bonchev–Trinajstić information content (AvgIpc) is 2.57. The second kappa shape index (κ2) is 5.80. The highest BCUT2D eigenvalue weighted by Gasteiger charge is 2.17. The Morgan fingerprint density at radius 2 is 2.54 bits per heavy atom. The van der Waals surface area contributed by atoms with Gasteiger partial charge in [-0.3, -0.25) is 0 Å². The van der Waals surface area contributed by atoms with Gasteiger partial charge < -0.3 is 15.4 Å². The molecule has 0 spiro atoms. The smallest absolute Gasteiger partial charge is 0.407 e. The van der Waals surface area contributed by atoms with Crippen molar-refractivity contribution in [3.8, 4) is 0 Å². The number of ether oxygens (including phenoxy) is 1. The van der Waals surface area contributed by atoms with Crippen LogP contribution in [0.2, 0.25) is 0 Å². The molecule has 0 aliphatic carbocycles. The van der Waals surface area contributed by atoms with Crippen molar-refractivity contribution >= 4 is 6.09 Å². The molecule has 0 aromatic heterocycles. The van der Waals surface area contributed by atoms with Crippen molar-refractivity contribution in [2.75, 3.05) is 19.6 Å². The standard InChI is InChI=1S/C9H18N2O2/c1-2-3-5-11-9(12)13-8-4-6-10-7-8/h8,10H,2-7H2,1H3,(H,11,12). The Kier molecular flexibility index (Phi) is 4.60. The molecule has 0 aromatic rings. The lowest BCUT2D eigenvalue weighted by Gasteiger charge is -2.11. The van der Waals surface area contributed by atoms with E-state index in [0.29, 0.717) is 0 Å². The monoisotopic (exact) mass is 186 g/mol. The summed E-state index contributed by atoms with van der Waals surface area (Å²) in [4.78, 5) is 11.1. The van der Waals surface area contributed by atoms with E-state index >= 15 is 0 Å². The van der Waals surface area contributed by atoms with E-state index < -0.39 is 0 Å². The number of alkyl carbamates (subject to hydrolysis) is 1. The molecule has 4 heteroatoms. The summed E-state index contributed by atoms with van der Waals surface area (Å²) in [5.74, 6) is 0. The molecule has 76 valence electrons. The molecular formula is C9H18N2O2. The van der Waals surface area contributed by atoms with Crippen LogP contribution in [-0.4, -0.2) is 31.8 Å². The molecule has 1 fully saturated rings. The van der Waals surface area contributed by atoms with Gasteiger partial charge in [0.1, 0.15) is 6.10 Å². The normalized spacial score (nSPS) is 21.5. The molecule has 0 saturated carbocycles. The van der Waals surface area contributed by atoms with Crippen LogP contribution in [0, 0.1) is 0 Å². The molecule has 0 bridgehead atoms. The highest BCUT2D eigenvalue weighted by atomic mass is 16.6. The van der Waals surface area contributed by atoms with Gasteiger partial charge in [0.15, 0.2) is 0 Å². The minimum atomic E-state index is -0.276. The zero-order valence-corrected chi connectivity index (χ0v) is 8.14. The van der Waals surface area contributed by atoms with Gasteiger partial charge in [-0.1, -0.05) is 13.3 Å². The first-order valence-corrected chi connectivity index (χ1v) is 4.98. The van der Waals surface area contributed by atoms with Crippen LogP contribution in [0.4, 0.5) is 4.79 Å². The summed E-state index contributed by atoms with van der Waals surface area (Å²) in [5, 5.41) is 5.86. The number of rotatable bonds is 4.